The van der Waals surface area contributed by atoms with Crippen LogP contribution in [-0.4, -0.2) is 43.4 Å². The highest BCUT2D eigenvalue weighted by atomic mass is 16.7. The molecule has 74 valence electrons. The van der Waals surface area contributed by atoms with Gasteiger partial charge in [0.2, 0.25) is 0 Å². The minimum absolute atomic E-state index is 0.0553. The summed E-state index contributed by atoms with van der Waals surface area (Å²) in [4.78, 5) is 16.5. The Balaban J connectivity index is 1.92. The second-order valence-corrected chi connectivity index (χ2v) is 4.08. The summed E-state index contributed by atoms with van der Waals surface area (Å²) >= 11 is 0. The lowest BCUT2D eigenvalue weighted by Gasteiger charge is -2.39. The van der Waals surface area contributed by atoms with Crippen molar-refractivity contribution in [3.8, 4) is 0 Å². The summed E-state index contributed by atoms with van der Waals surface area (Å²) in [6.45, 7) is 4.33. The van der Waals surface area contributed by atoms with Crippen LogP contribution < -0.4 is 5.73 Å². The zero-order valence-electron chi connectivity index (χ0n) is 7.66. The number of hydrogen-bond acceptors (Lipinski definition) is 4. The van der Waals surface area contributed by atoms with Crippen LogP contribution in [0.4, 0.5) is 0 Å². The Kier molecular flexibility index (Phi) is 2.02. The van der Waals surface area contributed by atoms with Crippen molar-refractivity contribution in [3.63, 3.8) is 0 Å². The molecule has 0 radical (unpaired) electrons. The maximum absolute atomic E-state index is 11.4. The van der Waals surface area contributed by atoms with Crippen molar-refractivity contribution < 1.29 is 14.4 Å². The molecule has 5 heteroatoms. The van der Waals surface area contributed by atoms with E-state index in [0.29, 0.717) is 26.4 Å². The number of hydrogen-bond donors (Lipinski definition) is 1. The molecule has 2 fully saturated rings. The van der Waals surface area contributed by atoms with E-state index in [4.69, 9.17) is 15.3 Å². The Hall–Kier alpha value is -0.650. The normalized spacial score (nSPS) is 32.0. The van der Waals surface area contributed by atoms with Crippen LogP contribution in [0.15, 0.2) is 0 Å². The summed E-state index contributed by atoms with van der Waals surface area (Å²) < 4.78 is 5.09. The van der Waals surface area contributed by atoms with Gasteiger partial charge in [-0.2, -0.15) is 0 Å². The van der Waals surface area contributed by atoms with Crippen LogP contribution in [0.1, 0.15) is 6.92 Å². The van der Waals surface area contributed by atoms with Crippen molar-refractivity contribution in [2.45, 2.75) is 13.0 Å². The minimum Gasteiger partial charge on any atom is -0.380 e. The van der Waals surface area contributed by atoms with Crippen LogP contribution in [0.3, 0.4) is 0 Å². The van der Waals surface area contributed by atoms with Gasteiger partial charge in [-0.25, -0.2) is 5.06 Å². The molecule has 2 saturated heterocycles. The fraction of sp³-hybridized carbons (Fsp3) is 0.875. The van der Waals surface area contributed by atoms with Crippen LogP contribution in [0.2, 0.25) is 0 Å². The van der Waals surface area contributed by atoms with Crippen LogP contribution >= 0.6 is 0 Å². The van der Waals surface area contributed by atoms with E-state index >= 15 is 0 Å². The summed E-state index contributed by atoms with van der Waals surface area (Å²) in [5, 5.41) is 1.37. The molecule has 0 aromatic carbocycles. The third-order valence-corrected chi connectivity index (χ3v) is 2.40. The fourth-order valence-electron chi connectivity index (χ4n) is 1.50. The van der Waals surface area contributed by atoms with E-state index in [-0.39, 0.29) is 11.3 Å². The lowest BCUT2D eigenvalue weighted by molar-refractivity contribution is -0.193. The van der Waals surface area contributed by atoms with Gasteiger partial charge in [-0.3, -0.25) is 9.63 Å². The van der Waals surface area contributed by atoms with Crippen molar-refractivity contribution in [1.29, 1.82) is 0 Å². The Morgan fingerprint density at radius 2 is 2.38 bits per heavy atom. The molecule has 0 aromatic rings. The lowest BCUT2D eigenvalue weighted by atomic mass is 9.88. The first-order valence-electron chi connectivity index (χ1n) is 4.38. The van der Waals surface area contributed by atoms with E-state index in [0.717, 1.165) is 0 Å². The molecular weight excluding hydrogens is 172 g/mol. The minimum atomic E-state index is -0.482. The van der Waals surface area contributed by atoms with Gasteiger partial charge in [0.1, 0.15) is 6.04 Å². The van der Waals surface area contributed by atoms with Gasteiger partial charge in [-0.15, -0.1) is 0 Å². The van der Waals surface area contributed by atoms with E-state index in [1.54, 1.807) is 0 Å². The smallest absolute Gasteiger partial charge is 0.265 e. The standard InChI is InChI=1S/C8H14N2O3/c1-8(4-12-5-8)3-10-7(11)6(9)2-13-10/h6H,2-5,9H2,1H3. The topological polar surface area (TPSA) is 64.8 Å². The Bertz CT molecular complexity index is 227. The van der Waals surface area contributed by atoms with E-state index in [9.17, 15) is 4.79 Å². The molecule has 0 bridgehead atoms. The molecule has 0 aliphatic carbocycles. The monoisotopic (exact) mass is 186 g/mol. The van der Waals surface area contributed by atoms with Crippen LogP contribution in [0, 0.1) is 5.41 Å². The fourth-order valence-corrected chi connectivity index (χ4v) is 1.50. The highest BCUT2D eigenvalue weighted by Crippen LogP contribution is 2.28. The van der Waals surface area contributed by atoms with Gasteiger partial charge in [-0.05, 0) is 0 Å². The SMILES string of the molecule is CC1(CN2OCC(N)C2=O)COC1. The van der Waals surface area contributed by atoms with E-state index in [1.165, 1.54) is 5.06 Å². The largest absolute Gasteiger partial charge is 0.380 e. The third kappa shape index (κ3) is 1.54. The number of carbonyl (C=O) groups excluding carboxylic acids is 1. The van der Waals surface area contributed by atoms with Crippen molar-refractivity contribution in [2.24, 2.45) is 11.1 Å². The summed E-state index contributed by atoms with van der Waals surface area (Å²) in [5.41, 5.74) is 5.55. The molecular formula is C8H14N2O3. The average Bonchev–Trinajstić information content (AvgIpc) is 2.33. The van der Waals surface area contributed by atoms with Gasteiger partial charge in [0.05, 0.1) is 26.4 Å². The second-order valence-electron chi connectivity index (χ2n) is 4.08. The zero-order chi connectivity index (χ0) is 9.47. The van der Waals surface area contributed by atoms with Gasteiger partial charge < -0.3 is 10.5 Å². The molecule has 1 unspecified atom stereocenters. The number of ether oxygens (including phenoxy) is 1. The Labute approximate surface area is 76.7 Å². The number of nitrogens with zero attached hydrogens (tertiary/aromatic N) is 1. The second kappa shape index (κ2) is 2.94. The van der Waals surface area contributed by atoms with Crippen LogP contribution in [0.25, 0.3) is 0 Å². The number of rotatable bonds is 2. The van der Waals surface area contributed by atoms with E-state index in [2.05, 4.69) is 6.92 Å². The Morgan fingerprint density at radius 3 is 2.77 bits per heavy atom. The molecule has 2 rings (SSSR count). The zero-order valence-corrected chi connectivity index (χ0v) is 7.66. The maximum Gasteiger partial charge on any atom is 0.265 e. The predicted octanol–water partition coefficient (Wildman–Crippen LogP) is -0.876. The maximum atomic E-state index is 11.4. The molecule has 0 aromatic heterocycles. The molecule has 0 spiro atoms. The van der Waals surface area contributed by atoms with Gasteiger partial charge in [0.15, 0.2) is 0 Å². The third-order valence-electron chi connectivity index (χ3n) is 2.40. The molecule has 2 N–H and O–H groups in total. The van der Waals surface area contributed by atoms with Gasteiger partial charge in [0.25, 0.3) is 5.91 Å². The number of amides is 1. The van der Waals surface area contributed by atoms with Gasteiger partial charge in [0, 0.05) is 5.41 Å². The Morgan fingerprint density at radius 1 is 1.69 bits per heavy atom. The summed E-state index contributed by atoms with van der Waals surface area (Å²) in [7, 11) is 0. The van der Waals surface area contributed by atoms with Crippen molar-refractivity contribution in [3.05, 3.63) is 0 Å². The van der Waals surface area contributed by atoms with E-state index < -0.39 is 6.04 Å². The quantitative estimate of drug-likeness (QED) is 0.608. The molecule has 5 nitrogen and oxygen atoms in total. The average molecular weight is 186 g/mol. The van der Waals surface area contributed by atoms with Crippen molar-refractivity contribution in [2.75, 3.05) is 26.4 Å². The highest BCUT2D eigenvalue weighted by Gasteiger charge is 2.40. The molecule has 2 aliphatic rings. The molecule has 2 aliphatic heterocycles. The molecule has 1 atom stereocenters. The first kappa shape index (κ1) is 8.93. The molecule has 13 heavy (non-hydrogen) atoms. The summed E-state index contributed by atoms with van der Waals surface area (Å²) in [5.74, 6) is -0.117. The number of carbonyl (C=O) groups is 1. The predicted molar refractivity (Wildman–Crippen MR) is 44.6 cm³/mol. The summed E-state index contributed by atoms with van der Waals surface area (Å²) in [6, 6.07) is -0.482. The van der Waals surface area contributed by atoms with Crippen LogP contribution in [0.5, 0.6) is 0 Å². The highest BCUT2D eigenvalue weighted by molar-refractivity contribution is 5.82. The van der Waals surface area contributed by atoms with Gasteiger partial charge >= 0.3 is 0 Å². The van der Waals surface area contributed by atoms with E-state index in [1.807, 2.05) is 0 Å². The molecule has 2 heterocycles. The number of hydroxylamine groups is 2. The van der Waals surface area contributed by atoms with Crippen LogP contribution in [-0.2, 0) is 14.4 Å². The number of nitrogens with two attached hydrogens (primary N) is 1. The van der Waals surface area contributed by atoms with Crippen molar-refractivity contribution >= 4 is 5.91 Å². The van der Waals surface area contributed by atoms with Gasteiger partial charge in [-0.1, -0.05) is 6.92 Å². The lowest BCUT2D eigenvalue weighted by Crippen LogP contribution is -2.49. The summed E-state index contributed by atoms with van der Waals surface area (Å²) in [6.07, 6.45) is 0. The first-order valence-corrected chi connectivity index (χ1v) is 4.38. The van der Waals surface area contributed by atoms with Crippen molar-refractivity contribution in [1.82, 2.24) is 5.06 Å². The molecule has 1 amide bonds. The molecule has 0 saturated carbocycles. The first-order chi connectivity index (χ1) is 6.11.